The highest BCUT2D eigenvalue weighted by atomic mass is 32.3. The van der Waals surface area contributed by atoms with Gasteiger partial charge in [-0.15, -0.1) is 0 Å². The molecular weight excluding hydrogens is 423 g/mol. The molecule has 0 heterocycles. The van der Waals surface area contributed by atoms with E-state index in [1.54, 1.807) is 0 Å². The summed E-state index contributed by atoms with van der Waals surface area (Å²) in [5.74, 6) is -0.413. The number of fused-ring (bicyclic) bond motifs is 3. The number of carbonyl (C=O) groups excluding carboxylic acids is 1. The van der Waals surface area contributed by atoms with Gasteiger partial charge in [0, 0.05) is 24.2 Å². The van der Waals surface area contributed by atoms with Crippen molar-refractivity contribution in [1.82, 2.24) is 0 Å². The maximum absolute atomic E-state index is 12.8. The predicted molar refractivity (Wildman–Crippen MR) is 114 cm³/mol. The van der Waals surface area contributed by atoms with E-state index in [0.717, 1.165) is 28.3 Å². The molecule has 9 heteroatoms. The molecule has 0 saturated heterocycles. The quantitative estimate of drug-likeness (QED) is 0.557. The van der Waals surface area contributed by atoms with Crippen LogP contribution >= 0.6 is 0 Å². The highest BCUT2D eigenvalue weighted by Crippen LogP contribution is 2.44. The smallest absolute Gasteiger partial charge is 0.448 e. The molecule has 0 fully saturated rings. The van der Waals surface area contributed by atoms with Crippen molar-refractivity contribution in [2.75, 3.05) is 11.9 Å². The van der Waals surface area contributed by atoms with Crippen LogP contribution in [0.2, 0.25) is 0 Å². The fourth-order valence-electron chi connectivity index (χ4n) is 3.77. The van der Waals surface area contributed by atoms with Gasteiger partial charge >= 0.3 is 16.6 Å². The number of nitrogens with one attached hydrogen (secondary N) is 1. The summed E-state index contributed by atoms with van der Waals surface area (Å²) < 4.78 is 44.0. The second kappa shape index (κ2) is 8.37. The van der Waals surface area contributed by atoms with Gasteiger partial charge in [-0.2, -0.15) is 8.42 Å². The Bertz CT molecular complexity index is 1200. The molecule has 0 aromatic heterocycles. The average molecular weight is 442 g/mol. The van der Waals surface area contributed by atoms with Crippen molar-refractivity contribution >= 4 is 22.3 Å². The normalized spacial score (nSPS) is 12.7. The van der Waals surface area contributed by atoms with Crippen LogP contribution in [0.25, 0.3) is 11.1 Å². The lowest BCUT2D eigenvalue weighted by Crippen LogP contribution is -2.18. The molecule has 0 atom stereocenters. The van der Waals surface area contributed by atoms with Crippen LogP contribution in [0, 0.1) is 0 Å². The first-order chi connectivity index (χ1) is 14.8. The molecular formula is C22H19FN2O5S. The molecule has 7 nitrogen and oxygen atoms in total. The Balaban J connectivity index is 1.49. The maximum atomic E-state index is 12.8. The highest BCUT2D eigenvalue weighted by molar-refractivity contribution is 7.81. The van der Waals surface area contributed by atoms with E-state index >= 15 is 0 Å². The van der Waals surface area contributed by atoms with Gasteiger partial charge in [0.2, 0.25) is 0 Å². The summed E-state index contributed by atoms with van der Waals surface area (Å²) in [5.41, 5.74) is 10.5. The Hall–Kier alpha value is -3.43. The summed E-state index contributed by atoms with van der Waals surface area (Å²) in [4.78, 5) is 12.4. The minimum absolute atomic E-state index is 0.0307. The number of anilines is 1. The lowest BCUT2D eigenvalue weighted by Gasteiger charge is -2.15. The number of halogens is 1. The Morgan fingerprint density at radius 1 is 1.00 bits per heavy atom. The van der Waals surface area contributed by atoms with E-state index in [4.69, 9.17) is 10.5 Å². The Morgan fingerprint density at radius 2 is 1.61 bits per heavy atom. The van der Waals surface area contributed by atoms with Crippen molar-refractivity contribution in [1.29, 1.82) is 0 Å². The summed E-state index contributed by atoms with van der Waals surface area (Å²) >= 11 is 0. The predicted octanol–water partition coefficient (Wildman–Crippen LogP) is 4.10. The highest BCUT2D eigenvalue weighted by Gasteiger charge is 2.29. The minimum Gasteiger partial charge on any atom is -0.448 e. The molecule has 0 radical (unpaired) electrons. The summed E-state index contributed by atoms with van der Waals surface area (Å²) in [5, 5.41) is 2.50. The van der Waals surface area contributed by atoms with Gasteiger partial charge in [-0.1, -0.05) is 52.4 Å². The molecule has 0 spiro atoms. The zero-order chi connectivity index (χ0) is 22.0. The molecule has 0 bridgehead atoms. The number of hydrogen-bond donors (Lipinski definition) is 2. The third kappa shape index (κ3) is 4.68. The van der Waals surface area contributed by atoms with Crippen LogP contribution in [-0.4, -0.2) is 21.1 Å². The van der Waals surface area contributed by atoms with Crippen LogP contribution in [-0.2, 0) is 21.8 Å². The monoisotopic (exact) mass is 442 g/mol. The van der Waals surface area contributed by atoms with E-state index in [2.05, 4.69) is 9.50 Å². The van der Waals surface area contributed by atoms with Gasteiger partial charge in [0.1, 0.15) is 12.4 Å². The summed E-state index contributed by atoms with van der Waals surface area (Å²) in [6, 6.07) is 19.8. The number of nitrogens with two attached hydrogens (primary N) is 1. The number of benzene rings is 3. The van der Waals surface area contributed by atoms with Crippen molar-refractivity contribution in [3.63, 3.8) is 0 Å². The lowest BCUT2D eigenvalue weighted by molar-refractivity contribution is 0.158. The lowest BCUT2D eigenvalue weighted by atomic mass is 9.98. The molecule has 3 aromatic carbocycles. The second-order valence-electron chi connectivity index (χ2n) is 7.00. The van der Waals surface area contributed by atoms with Gasteiger partial charge in [0.05, 0.1) is 0 Å². The number of amides is 1. The first-order valence-electron chi connectivity index (χ1n) is 9.44. The van der Waals surface area contributed by atoms with Crippen molar-refractivity contribution in [3.8, 4) is 16.9 Å². The summed E-state index contributed by atoms with van der Waals surface area (Å²) in [6.07, 6.45) is -0.745. The van der Waals surface area contributed by atoms with E-state index in [9.17, 15) is 17.1 Å². The standard InChI is InChI=1S/C22H19FN2O5S/c23-31(27,28)30-16-10-14(12-24)9-15(11-16)25-22(26)29-13-21-19-7-3-1-5-17(19)18-6-2-4-8-20(18)21/h1-11,21H,12-13,24H2,(H,25,26). The van der Waals surface area contributed by atoms with E-state index in [1.807, 2.05) is 48.5 Å². The van der Waals surface area contributed by atoms with E-state index in [-0.39, 0.29) is 30.5 Å². The van der Waals surface area contributed by atoms with Crippen LogP contribution in [0.4, 0.5) is 14.4 Å². The summed E-state index contributed by atoms with van der Waals surface area (Å²) in [6.45, 7) is 0.140. The van der Waals surface area contributed by atoms with Crippen molar-refractivity contribution < 1.29 is 26.0 Å². The molecule has 0 unspecified atom stereocenters. The third-order valence-electron chi connectivity index (χ3n) is 4.99. The van der Waals surface area contributed by atoms with Gasteiger partial charge in [-0.25, -0.2) is 4.79 Å². The minimum atomic E-state index is -5.21. The summed E-state index contributed by atoms with van der Waals surface area (Å²) in [7, 11) is -5.21. The average Bonchev–Trinajstić information content (AvgIpc) is 3.04. The van der Waals surface area contributed by atoms with Crippen molar-refractivity contribution in [3.05, 3.63) is 83.4 Å². The molecule has 31 heavy (non-hydrogen) atoms. The van der Waals surface area contributed by atoms with Crippen LogP contribution in [0.1, 0.15) is 22.6 Å². The molecule has 3 N–H and O–H groups in total. The first kappa shape index (κ1) is 20.8. The number of hydrogen-bond acceptors (Lipinski definition) is 6. The van der Waals surface area contributed by atoms with Gasteiger partial charge in [-0.3, -0.25) is 5.32 Å². The molecule has 1 aliphatic carbocycles. The first-order valence-corrected chi connectivity index (χ1v) is 10.7. The van der Waals surface area contributed by atoms with E-state index < -0.39 is 16.6 Å². The van der Waals surface area contributed by atoms with Crippen molar-refractivity contribution in [2.24, 2.45) is 5.73 Å². The van der Waals surface area contributed by atoms with Crippen molar-refractivity contribution in [2.45, 2.75) is 12.5 Å². The number of rotatable bonds is 6. The fourth-order valence-corrected chi connectivity index (χ4v) is 4.09. The topological polar surface area (TPSA) is 108 Å². The Labute approximate surface area is 179 Å². The van der Waals surface area contributed by atoms with Crippen LogP contribution in [0.15, 0.2) is 66.7 Å². The van der Waals surface area contributed by atoms with E-state index in [0.29, 0.717) is 5.56 Å². The molecule has 0 aliphatic heterocycles. The van der Waals surface area contributed by atoms with Gasteiger partial charge in [0.15, 0.2) is 0 Å². The van der Waals surface area contributed by atoms with Gasteiger partial charge < -0.3 is 14.7 Å². The largest absolute Gasteiger partial charge is 0.488 e. The zero-order valence-corrected chi connectivity index (χ0v) is 17.1. The van der Waals surface area contributed by atoms with Crippen LogP contribution in [0.3, 0.4) is 0 Å². The molecule has 1 aliphatic rings. The third-order valence-corrected chi connectivity index (χ3v) is 5.38. The SMILES string of the molecule is NCc1cc(NC(=O)OCC2c3ccccc3-c3ccccc32)cc(OS(=O)(=O)F)c1. The van der Waals surface area contributed by atoms with Crippen LogP contribution in [0.5, 0.6) is 5.75 Å². The Morgan fingerprint density at radius 3 is 2.19 bits per heavy atom. The molecule has 3 aromatic rings. The Kier molecular flexibility index (Phi) is 5.62. The molecule has 4 rings (SSSR count). The second-order valence-corrected chi connectivity index (χ2v) is 7.95. The molecule has 160 valence electrons. The van der Waals surface area contributed by atoms with Gasteiger partial charge in [-0.05, 0) is 39.9 Å². The van der Waals surface area contributed by atoms with E-state index in [1.165, 1.54) is 12.1 Å². The van der Waals surface area contributed by atoms with Crippen LogP contribution < -0.4 is 15.2 Å². The number of carbonyl (C=O) groups is 1. The number of ether oxygens (including phenoxy) is 1. The molecule has 0 saturated carbocycles. The van der Waals surface area contributed by atoms with Gasteiger partial charge in [0.25, 0.3) is 0 Å². The zero-order valence-electron chi connectivity index (χ0n) is 16.2. The fraction of sp³-hybridized carbons (Fsp3) is 0.136. The molecule has 1 amide bonds. The maximum Gasteiger partial charge on any atom is 0.488 e.